The van der Waals surface area contributed by atoms with Crippen molar-refractivity contribution in [3.05, 3.63) is 29.3 Å². The van der Waals surface area contributed by atoms with Crippen molar-refractivity contribution in [2.24, 2.45) is 11.8 Å². The molecule has 3 heteroatoms. The molecule has 1 saturated carbocycles. The summed E-state index contributed by atoms with van der Waals surface area (Å²) in [7, 11) is 0. The first-order valence-electron chi connectivity index (χ1n) is 7.97. The van der Waals surface area contributed by atoms with Gasteiger partial charge in [0.25, 0.3) is 0 Å². The summed E-state index contributed by atoms with van der Waals surface area (Å²) in [6.07, 6.45) is 7.39. The lowest BCUT2D eigenvalue weighted by molar-refractivity contribution is -0.118. The second-order valence-electron chi connectivity index (χ2n) is 6.57. The summed E-state index contributed by atoms with van der Waals surface area (Å²) in [4.78, 5) is 12.5. The standard InChI is InChI=1S/C17H22N2O/c20-17(16-15-6-2-5-13(15)10-18-16)19-14-8-7-11-3-1-4-12(11)9-14/h7-9,13,15-16,18H,1-6,10H2,(H,19,20). The van der Waals surface area contributed by atoms with Crippen LogP contribution in [0.4, 0.5) is 5.69 Å². The number of hydrogen-bond donors (Lipinski definition) is 2. The molecule has 2 fully saturated rings. The molecule has 106 valence electrons. The van der Waals surface area contributed by atoms with Gasteiger partial charge < -0.3 is 10.6 Å². The zero-order valence-corrected chi connectivity index (χ0v) is 11.8. The highest BCUT2D eigenvalue weighted by molar-refractivity contribution is 5.95. The van der Waals surface area contributed by atoms with Crippen LogP contribution in [0.2, 0.25) is 0 Å². The number of carbonyl (C=O) groups excluding carboxylic acids is 1. The Kier molecular flexibility index (Phi) is 3.03. The molecule has 2 N–H and O–H groups in total. The second-order valence-corrected chi connectivity index (χ2v) is 6.57. The minimum atomic E-state index is 0.0238. The van der Waals surface area contributed by atoms with E-state index in [9.17, 15) is 4.79 Å². The van der Waals surface area contributed by atoms with Crippen LogP contribution < -0.4 is 10.6 Å². The number of nitrogens with one attached hydrogen (secondary N) is 2. The molecule has 1 saturated heterocycles. The molecule has 20 heavy (non-hydrogen) atoms. The van der Waals surface area contributed by atoms with Gasteiger partial charge in [0.1, 0.15) is 0 Å². The molecule has 2 aliphatic carbocycles. The van der Waals surface area contributed by atoms with Crippen molar-refractivity contribution in [1.82, 2.24) is 5.32 Å². The molecule has 1 amide bonds. The molecule has 3 atom stereocenters. The molecule has 3 nitrogen and oxygen atoms in total. The molecule has 0 spiro atoms. The predicted octanol–water partition coefficient (Wildman–Crippen LogP) is 2.50. The maximum atomic E-state index is 12.5. The molecule has 1 heterocycles. The lowest BCUT2D eigenvalue weighted by atomic mass is 9.93. The van der Waals surface area contributed by atoms with E-state index in [0.29, 0.717) is 5.92 Å². The summed E-state index contributed by atoms with van der Waals surface area (Å²) in [5.41, 5.74) is 3.85. The SMILES string of the molecule is O=C(Nc1ccc2c(c1)CCC2)C1NCC2CCCC21. The van der Waals surface area contributed by atoms with E-state index in [1.165, 1.54) is 43.2 Å². The molecule has 1 aromatic rings. The van der Waals surface area contributed by atoms with Crippen LogP contribution in [-0.4, -0.2) is 18.5 Å². The number of benzene rings is 1. The van der Waals surface area contributed by atoms with E-state index in [4.69, 9.17) is 0 Å². The van der Waals surface area contributed by atoms with Crippen molar-refractivity contribution < 1.29 is 4.79 Å². The van der Waals surface area contributed by atoms with Crippen LogP contribution in [0.15, 0.2) is 18.2 Å². The summed E-state index contributed by atoms with van der Waals surface area (Å²) in [6.45, 7) is 1.02. The van der Waals surface area contributed by atoms with Gasteiger partial charge in [0.05, 0.1) is 6.04 Å². The normalized spacial score (nSPS) is 31.1. The quantitative estimate of drug-likeness (QED) is 0.867. The van der Waals surface area contributed by atoms with Crippen molar-refractivity contribution >= 4 is 11.6 Å². The van der Waals surface area contributed by atoms with E-state index < -0.39 is 0 Å². The number of fused-ring (bicyclic) bond motifs is 2. The van der Waals surface area contributed by atoms with E-state index in [-0.39, 0.29) is 11.9 Å². The van der Waals surface area contributed by atoms with Crippen LogP contribution in [0, 0.1) is 11.8 Å². The average molecular weight is 270 g/mol. The number of carbonyl (C=O) groups is 1. The minimum absolute atomic E-state index is 0.0238. The van der Waals surface area contributed by atoms with E-state index in [0.717, 1.165) is 24.6 Å². The summed E-state index contributed by atoms with van der Waals surface area (Å²) in [5, 5.41) is 6.54. The zero-order valence-electron chi connectivity index (χ0n) is 11.8. The third-order valence-electron chi connectivity index (χ3n) is 5.39. The summed E-state index contributed by atoms with van der Waals surface area (Å²) in [6, 6.07) is 6.43. The number of amides is 1. The van der Waals surface area contributed by atoms with Crippen LogP contribution in [0.3, 0.4) is 0 Å². The Morgan fingerprint density at radius 3 is 3.00 bits per heavy atom. The molecule has 3 aliphatic rings. The highest BCUT2D eigenvalue weighted by atomic mass is 16.2. The molecule has 1 aromatic carbocycles. The molecular formula is C17H22N2O. The van der Waals surface area contributed by atoms with Gasteiger partial charge in [-0.05, 0) is 73.7 Å². The van der Waals surface area contributed by atoms with E-state index in [2.05, 4.69) is 28.8 Å². The van der Waals surface area contributed by atoms with Gasteiger partial charge in [-0.1, -0.05) is 12.5 Å². The fourth-order valence-electron chi connectivity index (χ4n) is 4.34. The summed E-state index contributed by atoms with van der Waals surface area (Å²) >= 11 is 0. The maximum Gasteiger partial charge on any atom is 0.241 e. The fraction of sp³-hybridized carbons (Fsp3) is 0.588. The van der Waals surface area contributed by atoms with E-state index in [1.807, 2.05) is 0 Å². The number of hydrogen-bond acceptors (Lipinski definition) is 2. The van der Waals surface area contributed by atoms with Gasteiger partial charge in [0.15, 0.2) is 0 Å². The number of anilines is 1. The highest BCUT2D eigenvalue weighted by Gasteiger charge is 2.42. The van der Waals surface area contributed by atoms with Gasteiger partial charge in [-0.3, -0.25) is 4.79 Å². The van der Waals surface area contributed by atoms with Crippen molar-refractivity contribution in [3.63, 3.8) is 0 Å². The summed E-state index contributed by atoms with van der Waals surface area (Å²) < 4.78 is 0. The predicted molar refractivity (Wildman–Crippen MR) is 79.7 cm³/mol. The number of rotatable bonds is 2. The smallest absolute Gasteiger partial charge is 0.241 e. The molecule has 0 aromatic heterocycles. The Labute approximate surface area is 120 Å². The van der Waals surface area contributed by atoms with Gasteiger partial charge in [-0.25, -0.2) is 0 Å². The molecule has 1 aliphatic heterocycles. The lowest BCUT2D eigenvalue weighted by Gasteiger charge is -2.18. The van der Waals surface area contributed by atoms with Crippen molar-refractivity contribution in [2.45, 2.75) is 44.6 Å². The van der Waals surface area contributed by atoms with Crippen molar-refractivity contribution in [3.8, 4) is 0 Å². The van der Waals surface area contributed by atoms with Crippen LogP contribution in [0.25, 0.3) is 0 Å². The Bertz CT molecular complexity index is 540. The fourth-order valence-corrected chi connectivity index (χ4v) is 4.34. The lowest BCUT2D eigenvalue weighted by Crippen LogP contribution is -2.39. The summed E-state index contributed by atoms with van der Waals surface area (Å²) in [5.74, 6) is 1.45. The molecular weight excluding hydrogens is 248 g/mol. The first-order valence-corrected chi connectivity index (χ1v) is 7.97. The van der Waals surface area contributed by atoms with Crippen LogP contribution in [0.1, 0.15) is 36.8 Å². The third kappa shape index (κ3) is 2.05. The van der Waals surface area contributed by atoms with Gasteiger partial charge >= 0.3 is 0 Å². The monoisotopic (exact) mass is 270 g/mol. The third-order valence-corrected chi connectivity index (χ3v) is 5.39. The molecule has 0 bridgehead atoms. The Hall–Kier alpha value is -1.35. The zero-order chi connectivity index (χ0) is 13.5. The molecule has 4 rings (SSSR count). The first kappa shape index (κ1) is 12.4. The highest BCUT2D eigenvalue weighted by Crippen LogP contribution is 2.38. The van der Waals surface area contributed by atoms with Crippen molar-refractivity contribution in [2.75, 3.05) is 11.9 Å². The Morgan fingerprint density at radius 1 is 1.15 bits per heavy atom. The van der Waals surface area contributed by atoms with Crippen molar-refractivity contribution in [1.29, 1.82) is 0 Å². The van der Waals surface area contributed by atoms with Crippen LogP contribution in [0.5, 0.6) is 0 Å². The second kappa shape index (κ2) is 4.88. The first-order chi connectivity index (χ1) is 9.81. The van der Waals surface area contributed by atoms with Gasteiger partial charge in [0, 0.05) is 5.69 Å². The average Bonchev–Trinajstić information content (AvgIpc) is 3.13. The van der Waals surface area contributed by atoms with Gasteiger partial charge in [-0.2, -0.15) is 0 Å². The van der Waals surface area contributed by atoms with E-state index in [1.54, 1.807) is 0 Å². The Morgan fingerprint density at radius 2 is 2.05 bits per heavy atom. The van der Waals surface area contributed by atoms with Crippen LogP contribution in [-0.2, 0) is 17.6 Å². The Balaban J connectivity index is 1.47. The minimum Gasteiger partial charge on any atom is -0.325 e. The maximum absolute atomic E-state index is 12.5. The van der Waals surface area contributed by atoms with Gasteiger partial charge in [-0.15, -0.1) is 0 Å². The van der Waals surface area contributed by atoms with Crippen LogP contribution >= 0.6 is 0 Å². The van der Waals surface area contributed by atoms with E-state index >= 15 is 0 Å². The largest absolute Gasteiger partial charge is 0.325 e. The topological polar surface area (TPSA) is 41.1 Å². The molecule has 3 unspecified atom stereocenters. The molecule has 0 radical (unpaired) electrons. The van der Waals surface area contributed by atoms with Gasteiger partial charge in [0.2, 0.25) is 5.91 Å². The number of aryl methyl sites for hydroxylation is 2.